The maximum Gasteiger partial charge on any atom is 0.250 e. The van der Waals surface area contributed by atoms with Crippen LogP contribution in [0.2, 0.25) is 5.02 Å². The molecule has 2 aromatic rings. The van der Waals surface area contributed by atoms with Crippen LogP contribution >= 0.6 is 11.6 Å². The van der Waals surface area contributed by atoms with Crippen LogP contribution in [0, 0.1) is 17.8 Å². The van der Waals surface area contributed by atoms with E-state index in [0.717, 1.165) is 0 Å². The smallest absolute Gasteiger partial charge is 0.250 e. The molecule has 1 spiro atoms. The van der Waals surface area contributed by atoms with Gasteiger partial charge in [-0.3, -0.25) is 14.4 Å². The van der Waals surface area contributed by atoms with Gasteiger partial charge < -0.3 is 25.4 Å². The van der Waals surface area contributed by atoms with Crippen molar-refractivity contribution in [2.75, 3.05) is 23.8 Å². The van der Waals surface area contributed by atoms with E-state index >= 15 is 0 Å². The van der Waals surface area contributed by atoms with E-state index in [-0.39, 0.29) is 36.8 Å². The van der Waals surface area contributed by atoms with E-state index in [2.05, 4.69) is 10.6 Å². The lowest BCUT2D eigenvalue weighted by atomic mass is 9.62. The number of aliphatic hydroxyl groups is 1. The lowest BCUT2D eigenvalue weighted by Gasteiger charge is -2.36. The van der Waals surface area contributed by atoms with E-state index in [9.17, 15) is 19.5 Å². The molecule has 5 rings (SSSR count). The molecule has 8 nitrogen and oxygen atoms in total. The lowest BCUT2D eigenvalue weighted by molar-refractivity contribution is -0.144. The lowest BCUT2D eigenvalue weighted by Crippen LogP contribution is -2.54. The topological polar surface area (TPSA) is 108 Å². The third kappa shape index (κ3) is 3.79. The van der Waals surface area contributed by atoms with E-state index in [0.29, 0.717) is 29.2 Å². The van der Waals surface area contributed by atoms with Crippen LogP contribution in [-0.4, -0.2) is 58.1 Å². The molecule has 0 radical (unpaired) electrons. The molecule has 3 aliphatic heterocycles. The van der Waals surface area contributed by atoms with Gasteiger partial charge in [-0.15, -0.1) is 0 Å². The number of likely N-dealkylation sites (tertiary alicyclic amines) is 1. The summed E-state index contributed by atoms with van der Waals surface area (Å²) in [7, 11) is 0. The van der Waals surface area contributed by atoms with Crippen molar-refractivity contribution in [1.29, 1.82) is 0 Å². The molecule has 0 aliphatic carbocycles. The van der Waals surface area contributed by atoms with E-state index in [1.54, 1.807) is 36.4 Å². The first kappa shape index (κ1) is 24.7. The zero-order chi connectivity index (χ0) is 25.7. The van der Waals surface area contributed by atoms with Gasteiger partial charge in [0, 0.05) is 29.5 Å². The Morgan fingerprint density at radius 2 is 1.72 bits per heavy atom. The molecule has 3 heterocycles. The number of hydrogen-bond acceptors (Lipinski definition) is 5. The number of ether oxygens (including phenoxy) is 1. The second kappa shape index (κ2) is 9.18. The molecule has 3 fully saturated rings. The summed E-state index contributed by atoms with van der Waals surface area (Å²) in [4.78, 5) is 42.8. The van der Waals surface area contributed by atoms with Crippen molar-refractivity contribution >= 4 is 40.7 Å². The van der Waals surface area contributed by atoms with E-state index in [4.69, 9.17) is 16.3 Å². The average molecular weight is 512 g/mol. The maximum absolute atomic E-state index is 13.9. The fourth-order valence-electron chi connectivity index (χ4n) is 6.41. The standard InChI is InChI=1S/C27H30ClN3O5/c1-16-15-27-21(20(26(16,2)36-27)23(33)29-18-7-4-3-5-8-18)25(35)31(13-6-14-32)22(27)24(34)30-19-11-9-17(28)10-12-19/h3-5,7-12,16,20-22,32H,6,13-15H2,1-2H3,(H,29,33)(H,30,34)/t16?,20-,21+,22?,26+,27?/m1/s1. The first-order valence-corrected chi connectivity index (χ1v) is 12.6. The molecule has 3 saturated heterocycles. The minimum Gasteiger partial charge on any atom is -0.396 e. The van der Waals surface area contributed by atoms with Crippen molar-refractivity contribution in [2.45, 2.75) is 43.9 Å². The van der Waals surface area contributed by atoms with E-state index < -0.39 is 29.1 Å². The Labute approximate surface area is 215 Å². The zero-order valence-corrected chi connectivity index (χ0v) is 21.0. The largest absolute Gasteiger partial charge is 0.396 e. The molecule has 3 aliphatic rings. The Kier molecular flexibility index (Phi) is 6.31. The van der Waals surface area contributed by atoms with Gasteiger partial charge in [0.2, 0.25) is 17.7 Å². The summed E-state index contributed by atoms with van der Waals surface area (Å²) >= 11 is 5.99. The predicted molar refractivity (Wildman–Crippen MR) is 135 cm³/mol. The van der Waals surface area contributed by atoms with Gasteiger partial charge in [-0.1, -0.05) is 36.7 Å². The molecule has 2 aromatic carbocycles. The third-order valence-electron chi connectivity index (χ3n) is 8.06. The molecule has 0 saturated carbocycles. The average Bonchev–Trinajstić information content (AvgIpc) is 3.36. The van der Waals surface area contributed by atoms with Crippen molar-refractivity contribution in [3.8, 4) is 0 Å². The minimum absolute atomic E-state index is 0.0586. The fraction of sp³-hybridized carbons (Fsp3) is 0.444. The highest BCUT2D eigenvalue weighted by Crippen LogP contribution is 2.65. The summed E-state index contributed by atoms with van der Waals surface area (Å²) in [5, 5.41) is 15.9. The first-order valence-electron chi connectivity index (χ1n) is 12.2. The number of carbonyl (C=O) groups excluding carboxylic acids is 3. The van der Waals surface area contributed by atoms with E-state index in [1.807, 2.05) is 32.0 Å². The summed E-state index contributed by atoms with van der Waals surface area (Å²) in [6.45, 7) is 3.94. The number of para-hydroxylation sites is 1. The summed E-state index contributed by atoms with van der Waals surface area (Å²) in [6, 6.07) is 14.9. The normalized spacial score (nSPS) is 32.4. The number of nitrogens with one attached hydrogen (secondary N) is 2. The van der Waals surface area contributed by atoms with Gasteiger partial charge in [-0.25, -0.2) is 0 Å². The number of benzene rings is 2. The number of anilines is 2. The number of aliphatic hydroxyl groups excluding tert-OH is 1. The van der Waals surface area contributed by atoms with Gasteiger partial charge in [-0.05, 0) is 62.1 Å². The van der Waals surface area contributed by atoms with Crippen LogP contribution in [0.25, 0.3) is 0 Å². The highest BCUT2D eigenvalue weighted by molar-refractivity contribution is 6.30. The summed E-state index contributed by atoms with van der Waals surface area (Å²) in [5.41, 5.74) is -0.865. The molecular formula is C27H30ClN3O5. The van der Waals surface area contributed by atoms with Crippen LogP contribution in [0.15, 0.2) is 54.6 Å². The van der Waals surface area contributed by atoms with Crippen molar-refractivity contribution in [1.82, 2.24) is 4.90 Å². The summed E-state index contributed by atoms with van der Waals surface area (Å²) < 4.78 is 6.66. The summed E-state index contributed by atoms with van der Waals surface area (Å²) in [6.07, 6.45) is 0.788. The first-order chi connectivity index (χ1) is 17.2. The molecule has 0 aromatic heterocycles. The number of nitrogens with zero attached hydrogens (tertiary/aromatic N) is 1. The molecule has 2 bridgehead atoms. The van der Waals surface area contributed by atoms with Gasteiger partial charge in [0.15, 0.2) is 0 Å². The van der Waals surface area contributed by atoms with Crippen LogP contribution in [0.5, 0.6) is 0 Å². The Bertz CT molecular complexity index is 1180. The van der Waals surface area contributed by atoms with Crippen molar-refractivity contribution in [2.24, 2.45) is 17.8 Å². The minimum atomic E-state index is -1.14. The van der Waals surface area contributed by atoms with E-state index in [1.165, 1.54) is 4.90 Å². The molecule has 36 heavy (non-hydrogen) atoms. The second-order valence-electron chi connectivity index (χ2n) is 10.2. The summed E-state index contributed by atoms with van der Waals surface area (Å²) in [5.74, 6) is -2.59. The van der Waals surface area contributed by atoms with Crippen LogP contribution < -0.4 is 10.6 Å². The molecule has 6 atom stereocenters. The quantitative estimate of drug-likeness (QED) is 0.528. The van der Waals surface area contributed by atoms with Crippen LogP contribution in [0.1, 0.15) is 26.7 Å². The van der Waals surface area contributed by atoms with Gasteiger partial charge in [0.05, 0.1) is 17.4 Å². The zero-order valence-electron chi connectivity index (χ0n) is 20.2. The van der Waals surface area contributed by atoms with Gasteiger partial charge >= 0.3 is 0 Å². The van der Waals surface area contributed by atoms with Gasteiger partial charge in [-0.2, -0.15) is 0 Å². The second-order valence-corrected chi connectivity index (χ2v) is 10.6. The number of carbonyl (C=O) groups is 3. The van der Waals surface area contributed by atoms with Crippen molar-refractivity contribution < 1.29 is 24.2 Å². The van der Waals surface area contributed by atoms with Gasteiger partial charge in [0.1, 0.15) is 11.6 Å². The Morgan fingerprint density at radius 1 is 1.08 bits per heavy atom. The SMILES string of the molecule is CC1CC23O[C@]1(C)[C@@H](C(=O)Nc1ccccc1)[C@H]2C(=O)N(CCCO)C3C(=O)Nc1ccc(Cl)cc1. The van der Waals surface area contributed by atoms with Crippen LogP contribution in [0.3, 0.4) is 0 Å². The Morgan fingerprint density at radius 3 is 2.39 bits per heavy atom. The fourth-order valence-corrected chi connectivity index (χ4v) is 6.53. The Balaban J connectivity index is 1.52. The van der Waals surface area contributed by atoms with Crippen molar-refractivity contribution in [3.63, 3.8) is 0 Å². The highest BCUT2D eigenvalue weighted by Gasteiger charge is 2.79. The molecule has 190 valence electrons. The molecular weight excluding hydrogens is 482 g/mol. The monoisotopic (exact) mass is 511 g/mol. The number of halogens is 1. The molecule has 3 amide bonds. The van der Waals surface area contributed by atoms with Crippen LogP contribution in [-0.2, 0) is 19.1 Å². The number of amides is 3. The van der Waals surface area contributed by atoms with Gasteiger partial charge in [0.25, 0.3) is 0 Å². The number of fused-ring (bicyclic) bond motifs is 1. The highest BCUT2D eigenvalue weighted by atomic mass is 35.5. The molecule has 9 heteroatoms. The molecule has 3 unspecified atom stereocenters. The Hall–Kier alpha value is -2.94. The number of hydrogen-bond donors (Lipinski definition) is 3. The third-order valence-corrected chi connectivity index (χ3v) is 8.31. The maximum atomic E-state index is 13.9. The number of rotatable bonds is 7. The van der Waals surface area contributed by atoms with Crippen molar-refractivity contribution in [3.05, 3.63) is 59.6 Å². The molecule has 3 N–H and O–H groups in total. The predicted octanol–water partition coefficient (Wildman–Crippen LogP) is 3.31. The van der Waals surface area contributed by atoms with Crippen LogP contribution in [0.4, 0.5) is 11.4 Å².